The number of nitrogens with one attached hydrogen (secondary N) is 1. The summed E-state index contributed by atoms with van der Waals surface area (Å²) in [5.74, 6) is 0.321. The van der Waals surface area contributed by atoms with Gasteiger partial charge in [0, 0.05) is 18.5 Å². The second-order valence-corrected chi connectivity index (χ2v) is 7.05. The van der Waals surface area contributed by atoms with E-state index in [1.54, 1.807) is 0 Å². The molecule has 2 heterocycles. The third-order valence-corrected chi connectivity index (χ3v) is 5.17. The number of nitrogens with zero attached hydrogens (tertiary/aromatic N) is 4. The quantitative estimate of drug-likeness (QED) is 0.908. The van der Waals surface area contributed by atoms with Crippen LogP contribution in [-0.2, 0) is 0 Å². The first kappa shape index (κ1) is 16.3. The van der Waals surface area contributed by atoms with Gasteiger partial charge in [-0.3, -0.25) is 4.79 Å². The van der Waals surface area contributed by atoms with Crippen LogP contribution in [0.4, 0.5) is 0 Å². The van der Waals surface area contributed by atoms with E-state index in [0.29, 0.717) is 11.6 Å². The lowest BCUT2D eigenvalue weighted by atomic mass is 10.1. The number of benzene rings is 1. The normalized spacial score (nSPS) is 21.2. The minimum absolute atomic E-state index is 0.0768. The lowest BCUT2D eigenvalue weighted by molar-refractivity contribution is 0.0899. The molecular formula is C19H25N5O. The van der Waals surface area contributed by atoms with E-state index >= 15 is 0 Å². The van der Waals surface area contributed by atoms with Crippen molar-refractivity contribution in [3.8, 4) is 5.69 Å². The van der Waals surface area contributed by atoms with Crippen LogP contribution >= 0.6 is 0 Å². The fourth-order valence-corrected chi connectivity index (χ4v) is 3.65. The van der Waals surface area contributed by atoms with Crippen LogP contribution in [0, 0.1) is 0 Å². The van der Waals surface area contributed by atoms with Gasteiger partial charge in [-0.1, -0.05) is 30.3 Å². The maximum Gasteiger partial charge on any atom is 0.274 e. The maximum atomic E-state index is 12.9. The van der Waals surface area contributed by atoms with Gasteiger partial charge in [-0.25, -0.2) is 4.68 Å². The highest BCUT2D eigenvalue weighted by Gasteiger charge is 2.35. The number of carbonyl (C=O) groups excluding carboxylic acids is 1. The molecule has 1 aromatic carbocycles. The minimum Gasteiger partial charge on any atom is -0.347 e. The summed E-state index contributed by atoms with van der Waals surface area (Å²) in [6.45, 7) is 5.25. The second-order valence-electron chi connectivity index (χ2n) is 7.05. The third kappa shape index (κ3) is 3.44. The molecule has 1 saturated carbocycles. The van der Waals surface area contributed by atoms with Crippen molar-refractivity contribution in [3.63, 3.8) is 0 Å². The van der Waals surface area contributed by atoms with Crippen molar-refractivity contribution in [1.82, 2.24) is 25.2 Å². The summed E-state index contributed by atoms with van der Waals surface area (Å²) in [5, 5.41) is 11.7. The molecule has 1 aliphatic carbocycles. The third-order valence-electron chi connectivity index (χ3n) is 5.17. The number of aromatic nitrogens is 3. The Balaban J connectivity index is 1.56. The Morgan fingerprint density at radius 3 is 2.76 bits per heavy atom. The zero-order valence-corrected chi connectivity index (χ0v) is 14.7. The average Bonchev–Trinajstić information content (AvgIpc) is 3.40. The number of amides is 1. The van der Waals surface area contributed by atoms with Crippen LogP contribution in [-0.4, -0.2) is 51.5 Å². The summed E-state index contributed by atoms with van der Waals surface area (Å²) in [7, 11) is 0. The van der Waals surface area contributed by atoms with E-state index in [1.807, 2.05) is 35.0 Å². The Hall–Kier alpha value is -2.21. The van der Waals surface area contributed by atoms with Crippen LogP contribution in [0.25, 0.3) is 5.69 Å². The summed E-state index contributed by atoms with van der Waals surface area (Å²) in [5.41, 5.74) is 2.43. The molecule has 1 saturated heterocycles. The predicted octanol–water partition coefficient (Wildman–Crippen LogP) is 2.36. The van der Waals surface area contributed by atoms with E-state index in [4.69, 9.17) is 0 Å². The van der Waals surface area contributed by atoms with Gasteiger partial charge >= 0.3 is 0 Å². The lowest BCUT2D eigenvalue weighted by Gasteiger charge is -2.32. The highest BCUT2D eigenvalue weighted by Crippen LogP contribution is 2.41. The first-order chi connectivity index (χ1) is 12.3. The van der Waals surface area contributed by atoms with E-state index in [-0.39, 0.29) is 11.9 Å². The smallest absolute Gasteiger partial charge is 0.274 e. The Bertz CT molecular complexity index is 738. The van der Waals surface area contributed by atoms with E-state index in [9.17, 15) is 4.79 Å². The highest BCUT2D eigenvalue weighted by atomic mass is 16.2. The Labute approximate surface area is 148 Å². The van der Waals surface area contributed by atoms with Crippen molar-refractivity contribution < 1.29 is 4.79 Å². The molecule has 1 atom stereocenters. The Morgan fingerprint density at radius 2 is 2.04 bits per heavy atom. The number of piperidine rings is 1. The number of rotatable bonds is 5. The number of likely N-dealkylation sites (N-methyl/N-ethyl adjacent to an activating group) is 1. The summed E-state index contributed by atoms with van der Waals surface area (Å²) in [6.07, 6.45) is 4.37. The molecule has 25 heavy (non-hydrogen) atoms. The van der Waals surface area contributed by atoms with Crippen LogP contribution in [0.2, 0.25) is 0 Å². The largest absolute Gasteiger partial charge is 0.347 e. The van der Waals surface area contributed by atoms with Crippen LogP contribution in [0.15, 0.2) is 30.3 Å². The predicted molar refractivity (Wildman–Crippen MR) is 95.9 cm³/mol. The van der Waals surface area contributed by atoms with Gasteiger partial charge in [0.15, 0.2) is 5.69 Å². The molecule has 4 rings (SSSR count). The van der Waals surface area contributed by atoms with Crippen LogP contribution in [0.1, 0.15) is 54.7 Å². The first-order valence-corrected chi connectivity index (χ1v) is 9.30. The molecule has 6 heteroatoms. The van der Waals surface area contributed by atoms with Crippen molar-refractivity contribution in [2.75, 3.05) is 19.6 Å². The van der Waals surface area contributed by atoms with Gasteiger partial charge in [-0.15, -0.1) is 5.10 Å². The molecule has 6 nitrogen and oxygen atoms in total. The van der Waals surface area contributed by atoms with Crippen LogP contribution in [0.5, 0.6) is 0 Å². The minimum atomic E-state index is -0.0768. The zero-order chi connectivity index (χ0) is 17.2. The van der Waals surface area contributed by atoms with Gasteiger partial charge in [0.25, 0.3) is 5.91 Å². The average molecular weight is 339 g/mol. The van der Waals surface area contributed by atoms with Crippen molar-refractivity contribution >= 4 is 5.91 Å². The molecule has 1 N–H and O–H groups in total. The molecule has 1 aromatic heterocycles. The molecule has 132 valence electrons. The molecule has 1 aliphatic heterocycles. The molecule has 2 fully saturated rings. The monoisotopic (exact) mass is 339 g/mol. The zero-order valence-electron chi connectivity index (χ0n) is 14.7. The molecule has 2 aromatic rings. The van der Waals surface area contributed by atoms with Crippen molar-refractivity contribution in [2.24, 2.45) is 0 Å². The molecule has 0 radical (unpaired) electrons. The fraction of sp³-hybridized carbons (Fsp3) is 0.526. The molecule has 0 unspecified atom stereocenters. The van der Waals surface area contributed by atoms with E-state index in [2.05, 4.69) is 27.5 Å². The molecule has 2 aliphatic rings. The van der Waals surface area contributed by atoms with E-state index in [1.165, 1.54) is 0 Å². The van der Waals surface area contributed by atoms with Crippen molar-refractivity contribution in [3.05, 3.63) is 41.7 Å². The lowest BCUT2D eigenvalue weighted by Crippen LogP contribution is -2.47. The number of hydrogen-bond donors (Lipinski definition) is 1. The first-order valence-electron chi connectivity index (χ1n) is 9.30. The van der Waals surface area contributed by atoms with Gasteiger partial charge in [0.1, 0.15) is 0 Å². The molecular weight excluding hydrogens is 314 g/mol. The van der Waals surface area contributed by atoms with Crippen LogP contribution in [0.3, 0.4) is 0 Å². The summed E-state index contributed by atoms with van der Waals surface area (Å²) in [6, 6.07) is 10.2. The van der Waals surface area contributed by atoms with Gasteiger partial charge < -0.3 is 10.2 Å². The van der Waals surface area contributed by atoms with E-state index < -0.39 is 0 Å². The molecule has 0 spiro atoms. The second kappa shape index (κ2) is 6.96. The Morgan fingerprint density at radius 1 is 1.24 bits per heavy atom. The molecule has 1 amide bonds. The summed E-state index contributed by atoms with van der Waals surface area (Å²) in [4.78, 5) is 15.2. The SMILES string of the molecule is CCN1CCC[C@@H](NC(=O)c2nnn(-c3ccccc3)c2C2CC2)C1. The number of para-hydroxylation sites is 1. The number of hydrogen-bond acceptors (Lipinski definition) is 4. The van der Waals surface area contributed by atoms with Crippen molar-refractivity contribution in [2.45, 2.75) is 44.6 Å². The number of likely N-dealkylation sites (tertiary alicyclic amines) is 1. The van der Waals surface area contributed by atoms with Crippen molar-refractivity contribution in [1.29, 1.82) is 0 Å². The maximum absolute atomic E-state index is 12.9. The topological polar surface area (TPSA) is 63.1 Å². The highest BCUT2D eigenvalue weighted by molar-refractivity contribution is 5.94. The van der Waals surface area contributed by atoms with Gasteiger partial charge in [-0.05, 0) is 50.9 Å². The Kier molecular flexibility index (Phi) is 4.53. The standard InChI is InChI=1S/C19H25N5O/c1-2-23-12-6-7-15(13-23)20-19(25)17-18(14-10-11-14)24(22-21-17)16-8-4-3-5-9-16/h3-5,8-9,14-15H,2,6-7,10-13H2,1H3,(H,20,25)/t15-/m1/s1. The van der Waals surface area contributed by atoms with Gasteiger partial charge in [0.05, 0.1) is 11.4 Å². The van der Waals surface area contributed by atoms with Crippen LogP contribution < -0.4 is 5.32 Å². The van der Waals surface area contributed by atoms with E-state index in [0.717, 1.165) is 56.7 Å². The fourth-order valence-electron chi connectivity index (χ4n) is 3.65. The molecule has 0 bridgehead atoms. The number of carbonyl (C=O) groups is 1. The summed E-state index contributed by atoms with van der Waals surface area (Å²) >= 11 is 0. The summed E-state index contributed by atoms with van der Waals surface area (Å²) < 4.78 is 1.84. The van der Waals surface area contributed by atoms with Gasteiger partial charge in [-0.2, -0.15) is 0 Å². The van der Waals surface area contributed by atoms with Gasteiger partial charge in [0.2, 0.25) is 0 Å².